The predicted octanol–water partition coefficient (Wildman–Crippen LogP) is 3.84. The third-order valence-electron chi connectivity index (χ3n) is 4.04. The molecule has 4 nitrogen and oxygen atoms in total. The Bertz CT molecular complexity index is 802. The second-order valence-electron chi connectivity index (χ2n) is 5.78. The summed E-state index contributed by atoms with van der Waals surface area (Å²) in [7, 11) is 0. The number of benzene rings is 1. The molecule has 2 aromatic heterocycles. The highest BCUT2D eigenvalue weighted by atomic mass is 32.1. The number of aryl methyl sites for hydroxylation is 1. The monoisotopic (exact) mass is 340 g/mol. The lowest BCUT2D eigenvalue weighted by Gasteiger charge is -2.11. The molecule has 3 N–H and O–H groups in total. The molecule has 0 aliphatic rings. The minimum absolute atomic E-state index is 0.713. The van der Waals surface area contributed by atoms with Crippen LogP contribution in [-0.4, -0.2) is 24.0 Å². The van der Waals surface area contributed by atoms with E-state index in [2.05, 4.69) is 75.5 Å². The Morgan fingerprint density at radius 1 is 1.21 bits per heavy atom. The fourth-order valence-electron chi connectivity index (χ4n) is 2.86. The van der Waals surface area contributed by atoms with Crippen molar-refractivity contribution in [1.82, 2.24) is 15.6 Å². The first-order valence-corrected chi connectivity index (χ1v) is 9.31. The summed E-state index contributed by atoms with van der Waals surface area (Å²) in [5, 5.41) is 12.3. The van der Waals surface area contributed by atoms with Crippen LogP contribution < -0.4 is 10.6 Å². The third-order valence-corrected chi connectivity index (χ3v) is 4.77. The molecule has 24 heavy (non-hydrogen) atoms. The van der Waals surface area contributed by atoms with Gasteiger partial charge in [0, 0.05) is 29.7 Å². The number of nitrogens with zero attached hydrogens (tertiary/aromatic N) is 1. The van der Waals surface area contributed by atoms with Crippen LogP contribution >= 0.6 is 11.3 Å². The molecule has 5 heteroatoms. The molecule has 0 radical (unpaired) electrons. The minimum Gasteiger partial charge on any atom is -0.358 e. The SMILES string of the molecule is CCNC(=NCc1ccsc1)NCCc1c(C)[nH]c2ccccc12. The number of hydrogen-bond donors (Lipinski definition) is 3. The van der Waals surface area contributed by atoms with Crippen molar-refractivity contribution in [2.24, 2.45) is 4.99 Å². The van der Waals surface area contributed by atoms with E-state index in [1.165, 1.54) is 27.7 Å². The van der Waals surface area contributed by atoms with Crippen LogP contribution in [0.15, 0.2) is 46.1 Å². The number of nitrogens with one attached hydrogen (secondary N) is 3. The number of aromatic amines is 1. The lowest BCUT2D eigenvalue weighted by molar-refractivity contribution is 0.799. The van der Waals surface area contributed by atoms with Crippen LogP contribution in [0.2, 0.25) is 0 Å². The highest BCUT2D eigenvalue weighted by Gasteiger charge is 2.07. The summed E-state index contributed by atoms with van der Waals surface area (Å²) in [6.45, 7) is 6.67. The maximum atomic E-state index is 4.65. The molecule has 0 unspecified atom stereocenters. The molecular formula is C19H24N4S. The number of aliphatic imine (C=N–C) groups is 1. The molecule has 0 atom stereocenters. The van der Waals surface area contributed by atoms with Crippen molar-refractivity contribution < 1.29 is 0 Å². The zero-order valence-electron chi connectivity index (χ0n) is 14.2. The molecule has 0 aliphatic heterocycles. The van der Waals surface area contributed by atoms with Crippen molar-refractivity contribution >= 4 is 28.2 Å². The molecule has 1 aromatic carbocycles. The van der Waals surface area contributed by atoms with Crippen LogP contribution in [0, 0.1) is 6.92 Å². The van der Waals surface area contributed by atoms with Gasteiger partial charge in [-0.25, -0.2) is 4.99 Å². The Morgan fingerprint density at radius 3 is 2.88 bits per heavy atom. The maximum absolute atomic E-state index is 4.65. The Labute approximate surface area is 147 Å². The normalized spacial score (nSPS) is 11.8. The van der Waals surface area contributed by atoms with Crippen LogP contribution in [0.25, 0.3) is 10.9 Å². The highest BCUT2D eigenvalue weighted by molar-refractivity contribution is 7.07. The van der Waals surface area contributed by atoms with Gasteiger partial charge in [-0.3, -0.25) is 0 Å². The Morgan fingerprint density at radius 2 is 2.08 bits per heavy atom. The number of thiophene rings is 1. The third kappa shape index (κ3) is 3.97. The van der Waals surface area contributed by atoms with Gasteiger partial charge in [0.05, 0.1) is 6.54 Å². The van der Waals surface area contributed by atoms with Crippen LogP contribution in [0.3, 0.4) is 0 Å². The van der Waals surface area contributed by atoms with Crippen LogP contribution in [-0.2, 0) is 13.0 Å². The highest BCUT2D eigenvalue weighted by Crippen LogP contribution is 2.21. The summed E-state index contributed by atoms with van der Waals surface area (Å²) in [5.74, 6) is 0.876. The molecule has 3 rings (SSSR count). The molecular weight excluding hydrogens is 316 g/mol. The van der Waals surface area contributed by atoms with Crippen molar-refractivity contribution in [3.8, 4) is 0 Å². The molecule has 0 saturated heterocycles. The molecule has 0 spiro atoms. The van der Waals surface area contributed by atoms with E-state index in [-0.39, 0.29) is 0 Å². The van der Waals surface area contributed by atoms with Gasteiger partial charge in [-0.1, -0.05) is 18.2 Å². The van der Waals surface area contributed by atoms with Crippen LogP contribution in [0.5, 0.6) is 0 Å². The van der Waals surface area contributed by atoms with E-state index < -0.39 is 0 Å². The second kappa shape index (κ2) is 8.02. The average molecular weight is 340 g/mol. The molecule has 3 aromatic rings. The van der Waals surface area contributed by atoms with Crippen LogP contribution in [0.1, 0.15) is 23.7 Å². The first-order chi connectivity index (χ1) is 11.8. The number of rotatable bonds is 6. The summed E-state index contributed by atoms with van der Waals surface area (Å²) in [6.07, 6.45) is 0.971. The Hall–Kier alpha value is -2.27. The van der Waals surface area contributed by atoms with Gasteiger partial charge in [0.1, 0.15) is 0 Å². The number of fused-ring (bicyclic) bond motifs is 1. The van der Waals surface area contributed by atoms with E-state index in [1.54, 1.807) is 11.3 Å². The molecule has 0 bridgehead atoms. The van der Waals surface area contributed by atoms with Crippen molar-refractivity contribution in [3.05, 3.63) is 57.9 Å². The van der Waals surface area contributed by atoms with Crippen LogP contribution in [0.4, 0.5) is 0 Å². The Balaban J connectivity index is 1.62. The summed E-state index contributed by atoms with van der Waals surface area (Å²) in [4.78, 5) is 8.11. The first kappa shape index (κ1) is 16.6. The lowest BCUT2D eigenvalue weighted by atomic mass is 10.1. The zero-order valence-corrected chi connectivity index (χ0v) is 15.0. The largest absolute Gasteiger partial charge is 0.358 e. The van der Waals surface area contributed by atoms with E-state index in [4.69, 9.17) is 0 Å². The smallest absolute Gasteiger partial charge is 0.191 e. The molecule has 2 heterocycles. The van der Waals surface area contributed by atoms with Gasteiger partial charge in [-0.15, -0.1) is 0 Å². The topological polar surface area (TPSA) is 52.2 Å². The van der Waals surface area contributed by atoms with Gasteiger partial charge in [0.25, 0.3) is 0 Å². The van der Waals surface area contributed by atoms with Gasteiger partial charge in [-0.05, 0) is 54.3 Å². The number of guanidine groups is 1. The zero-order chi connectivity index (χ0) is 16.8. The van der Waals surface area contributed by atoms with E-state index >= 15 is 0 Å². The fraction of sp³-hybridized carbons (Fsp3) is 0.316. The van der Waals surface area contributed by atoms with Gasteiger partial charge < -0.3 is 15.6 Å². The van der Waals surface area contributed by atoms with Gasteiger partial charge in [0.2, 0.25) is 0 Å². The van der Waals surface area contributed by atoms with Gasteiger partial charge in [-0.2, -0.15) is 11.3 Å². The molecule has 0 amide bonds. The molecule has 126 valence electrons. The van der Waals surface area contributed by atoms with Crippen molar-refractivity contribution in [3.63, 3.8) is 0 Å². The standard InChI is InChI=1S/C19H24N4S/c1-3-20-19(22-12-15-9-11-24-13-15)21-10-8-16-14(2)23-18-7-5-4-6-17(16)18/h4-7,9,11,13,23H,3,8,10,12H2,1-2H3,(H2,20,21,22). The number of H-pyrrole nitrogens is 1. The fourth-order valence-corrected chi connectivity index (χ4v) is 3.52. The van der Waals surface area contributed by atoms with E-state index in [0.717, 1.165) is 25.5 Å². The molecule has 0 saturated carbocycles. The molecule has 0 fully saturated rings. The summed E-state index contributed by atoms with van der Waals surface area (Å²) >= 11 is 1.71. The van der Waals surface area contributed by atoms with Gasteiger partial charge in [0.15, 0.2) is 5.96 Å². The number of para-hydroxylation sites is 1. The van der Waals surface area contributed by atoms with Crippen molar-refractivity contribution in [1.29, 1.82) is 0 Å². The average Bonchev–Trinajstić information content (AvgIpc) is 3.20. The van der Waals surface area contributed by atoms with E-state index in [9.17, 15) is 0 Å². The van der Waals surface area contributed by atoms with Crippen molar-refractivity contribution in [2.45, 2.75) is 26.8 Å². The number of hydrogen-bond acceptors (Lipinski definition) is 2. The summed E-state index contributed by atoms with van der Waals surface area (Å²) in [5.41, 5.74) is 5.10. The maximum Gasteiger partial charge on any atom is 0.191 e. The molecule has 0 aliphatic carbocycles. The van der Waals surface area contributed by atoms with Gasteiger partial charge >= 0.3 is 0 Å². The quantitative estimate of drug-likeness (QED) is 0.472. The predicted molar refractivity (Wildman–Crippen MR) is 104 cm³/mol. The van der Waals surface area contributed by atoms with E-state index in [0.29, 0.717) is 6.54 Å². The lowest BCUT2D eigenvalue weighted by Crippen LogP contribution is -2.38. The van der Waals surface area contributed by atoms with E-state index in [1.807, 2.05) is 0 Å². The Kier molecular flexibility index (Phi) is 5.54. The first-order valence-electron chi connectivity index (χ1n) is 8.37. The second-order valence-corrected chi connectivity index (χ2v) is 6.56. The minimum atomic E-state index is 0.713. The summed E-state index contributed by atoms with van der Waals surface area (Å²) < 4.78 is 0. The van der Waals surface area contributed by atoms with Crippen molar-refractivity contribution in [2.75, 3.05) is 13.1 Å². The number of aromatic nitrogens is 1. The summed E-state index contributed by atoms with van der Waals surface area (Å²) in [6, 6.07) is 10.6.